The fourth-order valence-corrected chi connectivity index (χ4v) is 1.99. The molecule has 0 radical (unpaired) electrons. The summed E-state index contributed by atoms with van der Waals surface area (Å²) in [5, 5.41) is 20.2. The minimum atomic E-state index is -1.20. The van der Waals surface area contributed by atoms with Gasteiger partial charge in [-0.05, 0) is 18.2 Å². The number of benzene rings is 2. The number of fused-ring (bicyclic) bond motifs is 3. The molecule has 0 unspecified atom stereocenters. The van der Waals surface area contributed by atoms with Crippen molar-refractivity contribution in [2.75, 3.05) is 0 Å². The zero-order chi connectivity index (χ0) is 12.0. The highest BCUT2D eigenvalue weighted by molar-refractivity contribution is 6.12. The molecule has 3 aromatic rings. The van der Waals surface area contributed by atoms with Crippen LogP contribution in [0.4, 0.5) is 0 Å². The molecule has 0 bridgehead atoms. The predicted octanol–water partition coefficient (Wildman–Crippen LogP) is 2.99. The molecule has 0 aliphatic carbocycles. The molecule has 2 N–H and O–H groups in total. The third-order valence-electron chi connectivity index (χ3n) is 2.74. The van der Waals surface area contributed by atoms with Gasteiger partial charge in [0, 0.05) is 10.8 Å². The fraction of sp³-hybridized carbons (Fsp3) is 0. The molecule has 0 saturated heterocycles. The van der Waals surface area contributed by atoms with E-state index in [0.29, 0.717) is 11.0 Å². The minimum absolute atomic E-state index is 0.196. The number of rotatable bonds is 1. The van der Waals surface area contributed by atoms with Crippen LogP contribution in [0.15, 0.2) is 40.8 Å². The summed E-state index contributed by atoms with van der Waals surface area (Å²) in [5.74, 6) is -1.49. The van der Waals surface area contributed by atoms with Gasteiger partial charge in [0.15, 0.2) is 5.58 Å². The number of furan rings is 1. The van der Waals surface area contributed by atoms with Gasteiger partial charge in [0.05, 0.1) is 0 Å². The van der Waals surface area contributed by atoms with Gasteiger partial charge in [-0.2, -0.15) is 0 Å². The van der Waals surface area contributed by atoms with E-state index < -0.39 is 5.97 Å². The summed E-state index contributed by atoms with van der Waals surface area (Å²) >= 11 is 0. The van der Waals surface area contributed by atoms with Crippen LogP contribution in [-0.2, 0) is 0 Å². The molecule has 1 aromatic heterocycles. The van der Waals surface area contributed by atoms with Gasteiger partial charge in [-0.15, -0.1) is 0 Å². The standard InChI is InChI=1S/C13H8O4/c14-9-6-5-8-7-3-1-2-4-10(7)17-12(8)11(9)13(15)16/h1-6,14H,(H,15,16). The molecular weight excluding hydrogens is 220 g/mol. The summed E-state index contributed by atoms with van der Waals surface area (Å²) in [7, 11) is 0. The molecule has 0 aliphatic heterocycles. The first kappa shape index (κ1) is 9.72. The van der Waals surface area contributed by atoms with E-state index in [-0.39, 0.29) is 16.9 Å². The van der Waals surface area contributed by atoms with E-state index in [4.69, 9.17) is 9.52 Å². The van der Waals surface area contributed by atoms with E-state index in [2.05, 4.69) is 0 Å². The third kappa shape index (κ3) is 1.27. The van der Waals surface area contributed by atoms with Crippen molar-refractivity contribution in [3.63, 3.8) is 0 Å². The third-order valence-corrected chi connectivity index (χ3v) is 2.74. The number of para-hydroxylation sites is 1. The number of hydrogen-bond donors (Lipinski definition) is 2. The predicted molar refractivity (Wildman–Crippen MR) is 62.3 cm³/mol. The van der Waals surface area contributed by atoms with Crippen LogP contribution in [-0.4, -0.2) is 16.2 Å². The van der Waals surface area contributed by atoms with Crippen LogP contribution in [0, 0.1) is 0 Å². The quantitative estimate of drug-likeness (QED) is 0.671. The van der Waals surface area contributed by atoms with Gasteiger partial charge in [0.25, 0.3) is 0 Å². The Morgan fingerprint density at radius 2 is 1.82 bits per heavy atom. The minimum Gasteiger partial charge on any atom is -0.507 e. The van der Waals surface area contributed by atoms with Crippen LogP contribution >= 0.6 is 0 Å². The van der Waals surface area contributed by atoms with Gasteiger partial charge < -0.3 is 14.6 Å². The first-order valence-corrected chi connectivity index (χ1v) is 5.05. The van der Waals surface area contributed by atoms with Crippen molar-refractivity contribution in [2.24, 2.45) is 0 Å². The summed E-state index contributed by atoms with van der Waals surface area (Å²) in [6.07, 6.45) is 0. The molecule has 4 heteroatoms. The molecule has 3 rings (SSSR count). The highest BCUT2D eigenvalue weighted by Gasteiger charge is 2.19. The zero-order valence-electron chi connectivity index (χ0n) is 8.68. The van der Waals surface area contributed by atoms with Gasteiger partial charge in [-0.1, -0.05) is 18.2 Å². The first-order chi connectivity index (χ1) is 8.18. The van der Waals surface area contributed by atoms with Crippen molar-refractivity contribution < 1.29 is 19.4 Å². The second-order valence-electron chi connectivity index (χ2n) is 3.74. The summed E-state index contributed by atoms with van der Waals surface area (Å²) in [6.45, 7) is 0. The van der Waals surface area contributed by atoms with E-state index in [1.54, 1.807) is 12.1 Å². The number of carboxylic acid groups (broad SMARTS) is 1. The Labute approximate surface area is 95.7 Å². The zero-order valence-corrected chi connectivity index (χ0v) is 8.68. The smallest absolute Gasteiger partial charge is 0.343 e. The highest BCUT2D eigenvalue weighted by atomic mass is 16.4. The maximum absolute atomic E-state index is 11.1. The number of hydrogen-bond acceptors (Lipinski definition) is 3. The molecule has 0 atom stereocenters. The molecule has 0 amide bonds. The topological polar surface area (TPSA) is 70.7 Å². The van der Waals surface area contributed by atoms with Gasteiger partial charge in [0.1, 0.15) is 16.9 Å². The van der Waals surface area contributed by atoms with Gasteiger partial charge in [-0.3, -0.25) is 0 Å². The monoisotopic (exact) mass is 228 g/mol. The second-order valence-corrected chi connectivity index (χ2v) is 3.74. The second kappa shape index (κ2) is 3.25. The largest absolute Gasteiger partial charge is 0.507 e. The molecule has 1 heterocycles. The Bertz CT molecular complexity index is 740. The molecule has 0 spiro atoms. The van der Waals surface area contributed by atoms with E-state index in [1.807, 2.05) is 18.2 Å². The maximum atomic E-state index is 11.1. The van der Waals surface area contributed by atoms with Gasteiger partial charge in [-0.25, -0.2) is 4.79 Å². The maximum Gasteiger partial charge on any atom is 0.343 e. The average Bonchev–Trinajstić information content (AvgIpc) is 2.66. The Kier molecular flexibility index (Phi) is 1.86. The molecule has 84 valence electrons. The first-order valence-electron chi connectivity index (χ1n) is 5.05. The number of carbonyl (C=O) groups is 1. The van der Waals surface area contributed by atoms with E-state index >= 15 is 0 Å². The lowest BCUT2D eigenvalue weighted by atomic mass is 10.1. The number of carboxylic acids is 1. The number of aromatic hydroxyl groups is 1. The number of aromatic carboxylic acids is 1. The Morgan fingerprint density at radius 3 is 2.59 bits per heavy atom. The van der Waals surface area contributed by atoms with Crippen LogP contribution in [0.1, 0.15) is 10.4 Å². The Morgan fingerprint density at radius 1 is 1.06 bits per heavy atom. The molecule has 0 fully saturated rings. The van der Waals surface area contributed by atoms with Crippen LogP contribution in [0.3, 0.4) is 0 Å². The lowest BCUT2D eigenvalue weighted by Crippen LogP contribution is -1.96. The number of phenols is 1. The molecule has 0 saturated carbocycles. The summed E-state index contributed by atoms with van der Waals surface area (Å²) in [6, 6.07) is 10.3. The van der Waals surface area contributed by atoms with Crippen LogP contribution < -0.4 is 0 Å². The van der Waals surface area contributed by atoms with E-state index in [9.17, 15) is 9.90 Å². The fourth-order valence-electron chi connectivity index (χ4n) is 1.99. The molecular formula is C13H8O4. The van der Waals surface area contributed by atoms with Crippen molar-refractivity contribution in [2.45, 2.75) is 0 Å². The van der Waals surface area contributed by atoms with Crippen LogP contribution in [0.25, 0.3) is 21.9 Å². The average molecular weight is 228 g/mol. The molecule has 4 nitrogen and oxygen atoms in total. The van der Waals surface area contributed by atoms with E-state index in [1.165, 1.54) is 6.07 Å². The normalized spacial score (nSPS) is 11.1. The Balaban J connectivity index is 2.56. The van der Waals surface area contributed by atoms with Crippen LogP contribution in [0.5, 0.6) is 5.75 Å². The lowest BCUT2D eigenvalue weighted by molar-refractivity contribution is 0.0695. The van der Waals surface area contributed by atoms with E-state index in [0.717, 1.165) is 5.39 Å². The van der Waals surface area contributed by atoms with Gasteiger partial charge >= 0.3 is 5.97 Å². The van der Waals surface area contributed by atoms with Crippen LogP contribution in [0.2, 0.25) is 0 Å². The molecule has 17 heavy (non-hydrogen) atoms. The van der Waals surface area contributed by atoms with Crippen molar-refractivity contribution in [3.8, 4) is 5.75 Å². The summed E-state index contributed by atoms with van der Waals surface area (Å²) < 4.78 is 5.48. The molecule has 2 aromatic carbocycles. The van der Waals surface area contributed by atoms with Crippen molar-refractivity contribution in [1.82, 2.24) is 0 Å². The SMILES string of the molecule is O=C(O)c1c(O)ccc2c1oc1ccccc12. The summed E-state index contributed by atoms with van der Waals surface area (Å²) in [4.78, 5) is 11.1. The van der Waals surface area contributed by atoms with Crippen molar-refractivity contribution >= 4 is 27.9 Å². The Hall–Kier alpha value is -2.49. The summed E-state index contributed by atoms with van der Waals surface area (Å²) in [5.41, 5.74) is 0.619. The van der Waals surface area contributed by atoms with Crippen molar-refractivity contribution in [1.29, 1.82) is 0 Å². The van der Waals surface area contributed by atoms with Gasteiger partial charge in [0.2, 0.25) is 0 Å². The molecule has 0 aliphatic rings. The van der Waals surface area contributed by atoms with Crippen molar-refractivity contribution in [3.05, 3.63) is 42.0 Å². The lowest BCUT2D eigenvalue weighted by Gasteiger charge is -1.99. The highest BCUT2D eigenvalue weighted by Crippen LogP contribution is 2.34.